The topological polar surface area (TPSA) is 63.0 Å². The molecule has 3 heterocycles. The van der Waals surface area contributed by atoms with E-state index in [2.05, 4.69) is 27.1 Å². The zero-order valence-electron chi connectivity index (χ0n) is 13.4. The van der Waals surface area contributed by atoms with Crippen LogP contribution in [0, 0.1) is 0 Å². The van der Waals surface area contributed by atoms with Gasteiger partial charge in [-0.05, 0) is 24.1 Å². The van der Waals surface area contributed by atoms with Crippen LogP contribution in [0.15, 0.2) is 71.4 Å². The Morgan fingerprint density at radius 3 is 2.96 bits per heavy atom. The average molecular weight is 348 g/mol. The number of carbonyl (C=O) groups excluding carboxylic acids is 1. The summed E-state index contributed by atoms with van der Waals surface area (Å²) in [6.07, 6.45) is 6.24. The van der Waals surface area contributed by atoms with Crippen molar-refractivity contribution in [2.75, 3.05) is 0 Å². The first kappa shape index (κ1) is 15.5. The molecule has 4 rings (SSSR count). The van der Waals surface area contributed by atoms with E-state index < -0.39 is 0 Å². The number of aryl methyl sites for hydroxylation is 2. The van der Waals surface area contributed by atoms with Crippen LogP contribution in [0.25, 0.3) is 11.0 Å². The minimum atomic E-state index is -0.254. The fourth-order valence-electron chi connectivity index (χ4n) is 2.73. The molecule has 25 heavy (non-hydrogen) atoms. The summed E-state index contributed by atoms with van der Waals surface area (Å²) in [6.45, 7) is 0.787. The lowest BCUT2D eigenvalue weighted by Gasteiger charge is -2.03. The van der Waals surface area contributed by atoms with Crippen LogP contribution < -0.4 is 4.80 Å². The lowest BCUT2D eigenvalue weighted by Crippen LogP contribution is -2.17. The highest BCUT2D eigenvalue weighted by molar-refractivity contribution is 7.07. The highest BCUT2D eigenvalue weighted by Crippen LogP contribution is 2.16. The number of aromatic amines is 1. The number of benzene rings is 1. The molecular formula is C19H16N4OS. The Hall–Kier alpha value is -2.99. The minimum Gasteiger partial charge on any atom is -0.345 e. The molecule has 0 atom stereocenters. The summed E-state index contributed by atoms with van der Waals surface area (Å²) in [7, 11) is 0. The smallest absolute Gasteiger partial charge is 0.281 e. The van der Waals surface area contributed by atoms with Gasteiger partial charge in [-0.25, -0.2) is 4.98 Å². The number of aromatic nitrogens is 3. The predicted octanol–water partition coefficient (Wildman–Crippen LogP) is 3.41. The largest absolute Gasteiger partial charge is 0.345 e. The highest BCUT2D eigenvalue weighted by atomic mass is 32.1. The molecule has 6 heteroatoms. The summed E-state index contributed by atoms with van der Waals surface area (Å²) < 4.78 is 2.02. The predicted molar refractivity (Wildman–Crippen MR) is 98.4 cm³/mol. The van der Waals surface area contributed by atoms with Gasteiger partial charge in [0.15, 0.2) is 4.80 Å². The van der Waals surface area contributed by atoms with E-state index in [1.165, 1.54) is 16.9 Å². The number of fused-ring (bicyclic) bond motifs is 1. The van der Waals surface area contributed by atoms with Crippen molar-refractivity contribution in [3.05, 3.63) is 82.4 Å². The molecule has 0 saturated carbocycles. The van der Waals surface area contributed by atoms with Crippen LogP contribution >= 0.6 is 11.3 Å². The van der Waals surface area contributed by atoms with E-state index in [1.807, 2.05) is 46.5 Å². The zero-order valence-corrected chi connectivity index (χ0v) is 14.2. The number of thiazole rings is 1. The van der Waals surface area contributed by atoms with Crippen LogP contribution in [0.1, 0.15) is 15.9 Å². The molecule has 4 aromatic rings. The highest BCUT2D eigenvalue weighted by Gasteiger charge is 2.11. The molecule has 1 amide bonds. The van der Waals surface area contributed by atoms with E-state index in [1.54, 1.807) is 12.4 Å². The van der Waals surface area contributed by atoms with E-state index >= 15 is 0 Å². The molecule has 0 unspecified atom stereocenters. The van der Waals surface area contributed by atoms with Crippen molar-refractivity contribution in [3.8, 4) is 0 Å². The van der Waals surface area contributed by atoms with E-state index in [9.17, 15) is 4.79 Å². The Morgan fingerprint density at radius 2 is 2.08 bits per heavy atom. The lowest BCUT2D eigenvalue weighted by atomic mass is 10.1. The third kappa shape index (κ3) is 3.29. The molecule has 1 aromatic carbocycles. The second kappa shape index (κ2) is 6.86. The van der Waals surface area contributed by atoms with Gasteiger partial charge in [0.25, 0.3) is 5.91 Å². The van der Waals surface area contributed by atoms with Crippen molar-refractivity contribution in [1.82, 2.24) is 14.5 Å². The summed E-state index contributed by atoms with van der Waals surface area (Å²) >= 11 is 1.47. The first-order valence-electron chi connectivity index (χ1n) is 8.00. The molecule has 0 saturated heterocycles. The Labute approximate surface area is 148 Å². The molecule has 0 aliphatic heterocycles. The molecule has 1 N–H and O–H groups in total. The normalized spacial score (nSPS) is 11.9. The van der Waals surface area contributed by atoms with Gasteiger partial charge in [0.1, 0.15) is 5.65 Å². The summed E-state index contributed by atoms with van der Waals surface area (Å²) in [6, 6.07) is 14.0. The first-order chi connectivity index (χ1) is 12.3. The Kier molecular flexibility index (Phi) is 4.26. The summed E-state index contributed by atoms with van der Waals surface area (Å²) in [5.41, 5.74) is 2.51. The van der Waals surface area contributed by atoms with Gasteiger partial charge in [0, 0.05) is 35.9 Å². The average Bonchev–Trinajstić information content (AvgIpc) is 3.27. The van der Waals surface area contributed by atoms with Gasteiger partial charge in [0.05, 0.1) is 5.56 Å². The van der Waals surface area contributed by atoms with Gasteiger partial charge in [0.2, 0.25) is 0 Å². The van der Waals surface area contributed by atoms with Crippen molar-refractivity contribution in [3.63, 3.8) is 0 Å². The number of hydrogen-bond donors (Lipinski definition) is 1. The van der Waals surface area contributed by atoms with Crippen LogP contribution in [0.2, 0.25) is 0 Å². The SMILES string of the molecule is O=C(/N=c1\sccn1CCc1ccccc1)c1c[nH]c2ncccc12. The molecular weight excluding hydrogens is 332 g/mol. The molecule has 0 fully saturated rings. The minimum absolute atomic E-state index is 0.254. The number of hydrogen-bond acceptors (Lipinski definition) is 3. The van der Waals surface area contributed by atoms with E-state index in [4.69, 9.17) is 0 Å². The fourth-order valence-corrected chi connectivity index (χ4v) is 3.48. The third-order valence-corrected chi connectivity index (χ3v) is 4.82. The summed E-state index contributed by atoms with van der Waals surface area (Å²) in [5, 5.41) is 2.75. The number of nitrogens with one attached hydrogen (secondary N) is 1. The van der Waals surface area contributed by atoms with Crippen LogP contribution in [0.3, 0.4) is 0 Å². The number of H-pyrrole nitrogens is 1. The van der Waals surface area contributed by atoms with Crippen molar-refractivity contribution in [1.29, 1.82) is 0 Å². The molecule has 0 aliphatic carbocycles. The number of pyridine rings is 1. The standard InChI is InChI=1S/C19H16N4OS/c24-18(16-13-21-17-15(16)7-4-9-20-17)22-19-23(11-12-25-19)10-8-14-5-2-1-3-6-14/h1-7,9,11-13H,8,10H2,(H,20,21)/b22-19-. The first-order valence-corrected chi connectivity index (χ1v) is 8.88. The van der Waals surface area contributed by atoms with Crippen LogP contribution in [0.4, 0.5) is 0 Å². The molecule has 5 nitrogen and oxygen atoms in total. The van der Waals surface area contributed by atoms with Gasteiger partial charge in [-0.1, -0.05) is 30.3 Å². The molecule has 0 bridgehead atoms. The maximum absolute atomic E-state index is 12.6. The fraction of sp³-hybridized carbons (Fsp3) is 0.105. The number of carbonyl (C=O) groups is 1. The summed E-state index contributed by atoms with van der Waals surface area (Å²) in [5.74, 6) is -0.254. The number of rotatable bonds is 4. The van der Waals surface area contributed by atoms with Gasteiger partial charge in [-0.15, -0.1) is 11.3 Å². The Bertz CT molecular complexity index is 1080. The Morgan fingerprint density at radius 1 is 1.20 bits per heavy atom. The molecule has 0 spiro atoms. The van der Waals surface area contributed by atoms with Crippen molar-refractivity contribution in [2.24, 2.45) is 4.99 Å². The van der Waals surface area contributed by atoms with E-state index in [-0.39, 0.29) is 5.91 Å². The maximum atomic E-state index is 12.6. The zero-order chi connectivity index (χ0) is 17.1. The van der Waals surface area contributed by atoms with Gasteiger partial charge in [-0.3, -0.25) is 4.79 Å². The quantitative estimate of drug-likeness (QED) is 0.614. The van der Waals surface area contributed by atoms with Crippen LogP contribution in [0.5, 0.6) is 0 Å². The van der Waals surface area contributed by atoms with Crippen molar-refractivity contribution < 1.29 is 4.79 Å². The monoisotopic (exact) mass is 348 g/mol. The Balaban J connectivity index is 1.59. The van der Waals surface area contributed by atoms with Crippen LogP contribution in [-0.2, 0) is 13.0 Å². The van der Waals surface area contributed by atoms with Crippen LogP contribution in [-0.4, -0.2) is 20.4 Å². The van der Waals surface area contributed by atoms with Gasteiger partial charge < -0.3 is 9.55 Å². The van der Waals surface area contributed by atoms with E-state index in [0.29, 0.717) is 16.0 Å². The number of nitrogens with zero attached hydrogens (tertiary/aromatic N) is 3. The molecule has 124 valence electrons. The third-order valence-electron chi connectivity index (χ3n) is 4.02. The second-order valence-corrected chi connectivity index (χ2v) is 6.51. The lowest BCUT2D eigenvalue weighted by molar-refractivity contribution is 0.0999. The van der Waals surface area contributed by atoms with Gasteiger partial charge >= 0.3 is 0 Å². The molecule has 0 aliphatic rings. The molecule has 3 aromatic heterocycles. The van der Waals surface area contributed by atoms with Crippen molar-refractivity contribution in [2.45, 2.75) is 13.0 Å². The second-order valence-electron chi connectivity index (χ2n) is 5.63. The molecule has 0 radical (unpaired) electrons. The van der Waals surface area contributed by atoms with Gasteiger partial charge in [-0.2, -0.15) is 4.99 Å². The maximum Gasteiger partial charge on any atom is 0.281 e. The van der Waals surface area contributed by atoms with Crippen molar-refractivity contribution >= 4 is 28.3 Å². The number of amides is 1. The summed E-state index contributed by atoms with van der Waals surface area (Å²) in [4.78, 5) is 24.8. The van der Waals surface area contributed by atoms with E-state index in [0.717, 1.165) is 18.4 Å².